The highest BCUT2D eigenvalue weighted by Crippen LogP contribution is 2.36. The molecule has 2 aromatic rings. The quantitative estimate of drug-likeness (QED) is 0.562. The molecule has 30 heavy (non-hydrogen) atoms. The lowest BCUT2D eigenvalue weighted by Gasteiger charge is -2.26. The largest absolute Gasteiger partial charge is 0.495 e. The molecular formula is C21H31N3O4S2. The van der Waals surface area contributed by atoms with Gasteiger partial charge in [-0.3, -0.25) is 0 Å². The van der Waals surface area contributed by atoms with Crippen molar-refractivity contribution in [2.45, 2.75) is 63.5 Å². The van der Waals surface area contributed by atoms with Gasteiger partial charge in [0.15, 0.2) is 5.13 Å². The van der Waals surface area contributed by atoms with Crippen LogP contribution in [-0.2, 0) is 10.0 Å². The zero-order valence-electron chi connectivity index (χ0n) is 17.9. The third-order valence-corrected chi connectivity index (χ3v) is 7.85. The number of hydrogen-bond acceptors (Lipinski definition) is 7. The first-order valence-corrected chi connectivity index (χ1v) is 12.6. The highest BCUT2D eigenvalue weighted by molar-refractivity contribution is 7.89. The van der Waals surface area contributed by atoms with E-state index in [9.17, 15) is 13.5 Å². The van der Waals surface area contributed by atoms with Crippen LogP contribution in [0.3, 0.4) is 0 Å². The van der Waals surface area contributed by atoms with Gasteiger partial charge in [0, 0.05) is 12.6 Å². The maximum Gasteiger partial charge on any atom is 0.244 e. The zero-order chi connectivity index (χ0) is 21.9. The molecule has 2 atom stereocenters. The number of aromatic nitrogens is 1. The van der Waals surface area contributed by atoms with E-state index in [2.05, 4.69) is 28.9 Å². The van der Waals surface area contributed by atoms with Gasteiger partial charge in [-0.2, -0.15) is 0 Å². The molecule has 3 N–H and O–H groups in total. The van der Waals surface area contributed by atoms with Crippen LogP contribution in [0.5, 0.6) is 5.75 Å². The van der Waals surface area contributed by atoms with Crippen LogP contribution in [0.1, 0.15) is 45.2 Å². The molecule has 1 aromatic heterocycles. The van der Waals surface area contributed by atoms with Gasteiger partial charge in [-0.15, -0.1) is 0 Å². The van der Waals surface area contributed by atoms with E-state index in [0.29, 0.717) is 18.1 Å². The second-order valence-electron chi connectivity index (χ2n) is 8.21. The second-order valence-corrected chi connectivity index (χ2v) is 10.9. The Morgan fingerprint density at radius 1 is 1.33 bits per heavy atom. The fourth-order valence-electron chi connectivity index (χ4n) is 3.61. The van der Waals surface area contributed by atoms with Crippen molar-refractivity contribution in [1.82, 2.24) is 9.71 Å². The van der Waals surface area contributed by atoms with Crippen molar-refractivity contribution in [3.05, 3.63) is 23.9 Å². The molecule has 1 heterocycles. The summed E-state index contributed by atoms with van der Waals surface area (Å²) in [5, 5.41) is 14.0. The summed E-state index contributed by atoms with van der Waals surface area (Å²) in [6.45, 7) is 7.01. The maximum atomic E-state index is 13.1. The van der Waals surface area contributed by atoms with E-state index < -0.39 is 16.1 Å². The predicted octanol–water partition coefficient (Wildman–Crippen LogP) is 3.78. The Kier molecular flexibility index (Phi) is 7.38. The number of sulfonamides is 1. The molecule has 0 saturated heterocycles. The molecule has 0 amide bonds. The molecule has 3 rings (SSSR count). The first-order chi connectivity index (χ1) is 14.2. The van der Waals surface area contributed by atoms with Crippen LogP contribution in [0.15, 0.2) is 23.1 Å². The SMILES string of the molecule is COc1ccc(-c2sc(NCC(C)C)nc2C)cc1S(=O)(=O)NC1CCCC(O)C1. The highest BCUT2D eigenvalue weighted by Gasteiger charge is 2.28. The number of rotatable bonds is 8. The number of hydrogen-bond donors (Lipinski definition) is 3. The van der Waals surface area contributed by atoms with Crippen LogP contribution >= 0.6 is 11.3 Å². The molecule has 0 aliphatic heterocycles. The monoisotopic (exact) mass is 453 g/mol. The number of aryl methyl sites for hydroxylation is 1. The second kappa shape index (κ2) is 9.64. The van der Waals surface area contributed by atoms with Crippen molar-refractivity contribution in [2.75, 3.05) is 19.0 Å². The van der Waals surface area contributed by atoms with E-state index in [1.165, 1.54) is 18.4 Å². The highest BCUT2D eigenvalue weighted by atomic mass is 32.2. The Balaban J connectivity index is 1.90. The van der Waals surface area contributed by atoms with Gasteiger partial charge in [-0.1, -0.05) is 25.2 Å². The number of aliphatic hydroxyl groups excluding tert-OH is 1. The third-order valence-electron chi connectivity index (χ3n) is 5.14. The molecule has 0 spiro atoms. The molecule has 1 aliphatic carbocycles. The van der Waals surface area contributed by atoms with Crippen molar-refractivity contribution >= 4 is 26.5 Å². The zero-order valence-corrected chi connectivity index (χ0v) is 19.6. The predicted molar refractivity (Wildman–Crippen MR) is 121 cm³/mol. The summed E-state index contributed by atoms with van der Waals surface area (Å²) in [4.78, 5) is 5.61. The average molecular weight is 454 g/mol. The number of methoxy groups -OCH3 is 1. The molecule has 0 bridgehead atoms. The first-order valence-electron chi connectivity index (χ1n) is 10.3. The molecule has 1 aliphatic rings. The van der Waals surface area contributed by atoms with E-state index in [4.69, 9.17) is 4.74 Å². The minimum atomic E-state index is -3.80. The van der Waals surface area contributed by atoms with E-state index in [-0.39, 0.29) is 10.9 Å². The lowest BCUT2D eigenvalue weighted by molar-refractivity contribution is 0.117. The first kappa shape index (κ1) is 23.0. The summed E-state index contributed by atoms with van der Waals surface area (Å²) < 4.78 is 34.4. The van der Waals surface area contributed by atoms with Crippen LogP contribution < -0.4 is 14.8 Å². The molecule has 166 valence electrons. The Morgan fingerprint density at radius 3 is 2.77 bits per heavy atom. The molecule has 1 fully saturated rings. The van der Waals surface area contributed by atoms with Gasteiger partial charge in [0.1, 0.15) is 10.6 Å². The lowest BCUT2D eigenvalue weighted by Crippen LogP contribution is -2.39. The van der Waals surface area contributed by atoms with Gasteiger partial charge >= 0.3 is 0 Å². The lowest BCUT2D eigenvalue weighted by atomic mass is 9.94. The number of aliphatic hydroxyl groups is 1. The van der Waals surface area contributed by atoms with Crippen LogP contribution in [0.25, 0.3) is 10.4 Å². The standard InChI is InChI=1S/C21H31N3O4S2/c1-13(2)12-22-21-23-14(3)20(29-21)15-8-9-18(28-4)19(10-15)30(26,27)24-16-6-5-7-17(25)11-16/h8-10,13,16-17,24-25H,5-7,11-12H2,1-4H3,(H,22,23). The average Bonchev–Trinajstić information content (AvgIpc) is 3.06. The fraction of sp³-hybridized carbons (Fsp3) is 0.571. The van der Waals surface area contributed by atoms with Crippen LogP contribution in [0.2, 0.25) is 0 Å². The summed E-state index contributed by atoms with van der Waals surface area (Å²) >= 11 is 1.51. The van der Waals surface area contributed by atoms with Crippen LogP contribution in [-0.4, -0.2) is 44.3 Å². The van der Waals surface area contributed by atoms with Gasteiger partial charge < -0.3 is 15.2 Å². The minimum Gasteiger partial charge on any atom is -0.495 e. The Bertz CT molecular complexity index is 973. The summed E-state index contributed by atoms with van der Waals surface area (Å²) in [5.41, 5.74) is 1.63. The number of nitrogens with one attached hydrogen (secondary N) is 2. The maximum absolute atomic E-state index is 13.1. The van der Waals surface area contributed by atoms with E-state index in [0.717, 1.165) is 47.1 Å². The summed E-state index contributed by atoms with van der Waals surface area (Å²) in [6.07, 6.45) is 2.21. The Hall–Kier alpha value is -1.68. The number of thiazole rings is 1. The normalized spacial score (nSPS) is 19.8. The molecular weight excluding hydrogens is 422 g/mol. The van der Waals surface area contributed by atoms with E-state index in [1.807, 2.05) is 13.0 Å². The molecule has 7 nitrogen and oxygen atoms in total. The van der Waals surface area contributed by atoms with Gasteiger partial charge in [0.05, 0.1) is 23.8 Å². The van der Waals surface area contributed by atoms with E-state index in [1.54, 1.807) is 12.1 Å². The van der Waals surface area contributed by atoms with Gasteiger partial charge in [0.25, 0.3) is 0 Å². The molecule has 2 unspecified atom stereocenters. The Morgan fingerprint density at radius 2 is 2.10 bits per heavy atom. The minimum absolute atomic E-state index is 0.104. The summed E-state index contributed by atoms with van der Waals surface area (Å²) in [7, 11) is -2.34. The van der Waals surface area contributed by atoms with E-state index >= 15 is 0 Å². The van der Waals surface area contributed by atoms with Crippen LogP contribution in [0.4, 0.5) is 5.13 Å². The molecule has 1 saturated carbocycles. The molecule has 0 radical (unpaired) electrons. The third kappa shape index (κ3) is 5.51. The van der Waals surface area contributed by atoms with Crippen molar-refractivity contribution < 1.29 is 18.3 Å². The molecule has 9 heteroatoms. The fourth-order valence-corrected chi connectivity index (χ4v) is 6.06. The van der Waals surface area contributed by atoms with Gasteiger partial charge in [0.2, 0.25) is 10.0 Å². The van der Waals surface area contributed by atoms with Crippen molar-refractivity contribution in [2.24, 2.45) is 5.92 Å². The topological polar surface area (TPSA) is 101 Å². The van der Waals surface area contributed by atoms with Crippen molar-refractivity contribution in [3.8, 4) is 16.2 Å². The smallest absolute Gasteiger partial charge is 0.244 e. The molecule has 1 aromatic carbocycles. The van der Waals surface area contributed by atoms with Crippen molar-refractivity contribution in [1.29, 1.82) is 0 Å². The number of ether oxygens (including phenoxy) is 1. The van der Waals surface area contributed by atoms with Gasteiger partial charge in [-0.25, -0.2) is 18.1 Å². The number of benzene rings is 1. The number of nitrogens with zero attached hydrogens (tertiary/aromatic N) is 1. The summed E-state index contributed by atoms with van der Waals surface area (Å²) in [6, 6.07) is 4.91. The Labute approximate surface area is 182 Å². The van der Waals surface area contributed by atoms with Gasteiger partial charge in [-0.05, 0) is 62.3 Å². The summed E-state index contributed by atoms with van der Waals surface area (Å²) in [5.74, 6) is 0.794. The number of anilines is 1. The van der Waals surface area contributed by atoms with Crippen molar-refractivity contribution in [3.63, 3.8) is 0 Å². The van der Waals surface area contributed by atoms with Crippen LogP contribution in [0, 0.1) is 12.8 Å².